The molecule has 0 unspecified atom stereocenters. The van der Waals surface area contributed by atoms with Crippen molar-refractivity contribution < 1.29 is 14.6 Å². The van der Waals surface area contributed by atoms with Crippen molar-refractivity contribution in [3.63, 3.8) is 0 Å². The first-order valence-corrected chi connectivity index (χ1v) is 4.77. The van der Waals surface area contributed by atoms with Crippen LogP contribution in [-0.4, -0.2) is 36.4 Å². The molecule has 0 amide bonds. The number of nitrogens with one attached hydrogen (secondary N) is 1. The second kappa shape index (κ2) is 4.57. The normalized spacial score (nSPS) is 20.4. The van der Waals surface area contributed by atoms with E-state index in [-0.39, 0.29) is 11.1 Å². The Bertz CT molecular complexity index is 232. The molecule has 1 fully saturated rings. The Balaban J connectivity index is 2.35. The first-order chi connectivity index (χ1) is 6.53. The fourth-order valence-corrected chi connectivity index (χ4v) is 1.39. The van der Waals surface area contributed by atoms with Gasteiger partial charge in [0.25, 0.3) is 0 Å². The summed E-state index contributed by atoms with van der Waals surface area (Å²) in [4.78, 5) is 10.5. The Morgan fingerprint density at radius 1 is 1.57 bits per heavy atom. The van der Waals surface area contributed by atoms with E-state index in [9.17, 15) is 4.79 Å². The molecule has 0 aromatic carbocycles. The van der Waals surface area contributed by atoms with Gasteiger partial charge in [0, 0.05) is 30.9 Å². The van der Waals surface area contributed by atoms with Crippen LogP contribution in [0.25, 0.3) is 0 Å². The van der Waals surface area contributed by atoms with Crippen molar-refractivity contribution in [2.75, 3.05) is 19.8 Å². The molecule has 0 spiro atoms. The predicted octanol–water partition coefficient (Wildman–Crippen LogP) is 0.786. The maximum absolute atomic E-state index is 10.5. The van der Waals surface area contributed by atoms with Crippen molar-refractivity contribution in [1.82, 2.24) is 5.32 Å². The SMILES string of the molecule is C=C(CNC1(C)CCOCC1)C(=O)O. The topological polar surface area (TPSA) is 58.6 Å². The maximum atomic E-state index is 10.5. The summed E-state index contributed by atoms with van der Waals surface area (Å²) in [5.74, 6) is -0.937. The van der Waals surface area contributed by atoms with E-state index in [0.717, 1.165) is 26.1 Å². The zero-order chi connectivity index (χ0) is 10.6. The van der Waals surface area contributed by atoms with Gasteiger partial charge in [0.05, 0.1) is 0 Å². The van der Waals surface area contributed by atoms with Crippen molar-refractivity contribution >= 4 is 5.97 Å². The third-order valence-corrected chi connectivity index (χ3v) is 2.63. The standard InChI is InChI=1S/C10H17NO3/c1-8(9(12)13)7-11-10(2)3-5-14-6-4-10/h11H,1,3-7H2,2H3,(H,12,13). The van der Waals surface area contributed by atoms with Crippen LogP contribution in [0, 0.1) is 0 Å². The fourth-order valence-electron chi connectivity index (χ4n) is 1.39. The number of hydrogen-bond donors (Lipinski definition) is 2. The average molecular weight is 199 g/mol. The molecule has 2 N–H and O–H groups in total. The van der Waals surface area contributed by atoms with Crippen molar-refractivity contribution in [2.45, 2.75) is 25.3 Å². The third-order valence-electron chi connectivity index (χ3n) is 2.63. The lowest BCUT2D eigenvalue weighted by Crippen LogP contribution is -2.47. The highest BCUT2D eigenvalue weighted by atomic mass is 16.5. The summed E-state index contributed by atoms with van der Waals surface area (Å²) in [6.07, 6.45) is 1.83. The molecule has 1 aliphatic heterocycles. The zero-order valence-electron chi connectivity index (χ0n) is 8.51. The van der Waals surface area contributed by atoms with Gasteiger partial charge in [-0.1, -0.05) is 6.58 Å². The number of carbonyl (C=O) groups is 1. The first kappa shape index (κ1) is 11.2. The van der Waals surface area contributed by atoms with E-state index in [1.807, 2.05) is 0 Å². The summed E-state index contributed by atoms with van der Waals surface area (Å²) in [5.41, 5.74) is 0.203. The summed E-state index contributed by atoms with van der Waals surface area (Å²) in [7, 11) is 0. The van der Waals surface area contributed by atoms with Crippen LogP contribution in [0.15, 0.2) is 12.2 Å². The molecule has 0 aliphatic carbocycles. The molecule has 4 nitrogen and oxygen atoms in total. The summed E-state index contributed by atoms with van der Waals surface area (Å²) in [5, 5.41) is 11.8. The van der Waals surface area contributed by atoms with Gasteiger partial charge < -0.3 is 15.2 Å². The molecule has 0 saturated carbocycles. The monoisotopic (exact) mass is 199 g/mol. The van der Waals surface area contributed by atoms with Gasteiger partial charge in [-0.15, -0.1) is 0 Å². The Hall–Kier alpha value is -0.870. The number of carboxylic acid groups (broad SMARTS) is 1. The molecular formula is C10H17NO3. The predicted molar refractivity (Wildman–Crippen MR) is 53.2 cm³/mol. The smallest absolute Gasteiger partial charge is 0.332 e. The molecule has 0 atom stereocenters. The second-order valence-electron chi connectivity index (χ2n) is 3.94. The van der Waals surface area contributed by atoms with Crippen LogP contribution in [0.2, 0.25) is 0 Å². The molecule has 0 bridgehead atoms. The van der Waals surface area contributed by atoms with Crippen LogP contribution in [0.4, 0.5) is 0 Å². The lowest BCUT2D eigenvalue weighted by molar-refractivity contribution is -0.132. The van der Waals surface area contributed by atoms with Crippen LogP contribution in [0.3, 0.4) is 0 Å². The summed E-state index contributed by atoms with van der Waals surface area (Å²) in [6.45, 7) is 7.38. The fraction of sp³-hybridized carbons (Fsp3) is 0.700. The molecule has 80 valence electrons. The molecule has 1 saturated heterocycles. The summed E-state index contributed by atoms with van der Waals surface area (Å²) < 4.78 is 5.24. The first-order valence-electron chi connectivity index (χ1n) is 4.77. The quantitative estimate of drug-likeness (QED) is 0.657. The van der Waals surface area contributed by atoms with Crippen LogP contribution in [0.5, 0.6) is 0 Å². The second-order valence-corrected chi connectivity index (χ2v) is 3.94. The Morgan fingerprint density at radius 3 is 2.64 bits per heavy atom. The minimum Gasteiger partial charge on any atom is -0.478 e. The van der Waals surface area contributed by atoms with E-state index in [4.69, 9.17) is 9.84 Å². The largest absolute Gasteiger partial charge is 0.478 e. The summed E-state index contributed by atoms with van der Waals surface area (Å²) >= 11 is 0. The Morgan fingerprint density at radius 2 is 2.14 bits per heavy atom. The summed E-state index contributed by atoms with van der Waals surface area (Å²) in [6, 6.07) is 0. The van der Waals surface area contributed by atoms with Gasteiger partial charge in [0.2, 0.25) is 0 Å². The van der Waals surface area contributed by atoms with E-state index < -0.39 is 5.97 Å². The highest BCUT2D eigenvalue weighted by Gasteiger charge is 2.26. The molecule has 1 aliphatic rings. The number of aliphatic carboxylic acids is 1. The van der Waals surface area contributed by atoms with E-state index in [0.29, 0.717) is 6.54 Å². The number of rotatable bonds is 4. The molecule has 0 aromatic heterocycles. The molecular weight excluding hydrogens is 182 g/mol. The zero-order valence-corrected chi connectivity index (χ0v) is 8.51. The Kier molecular flexibility index (Phi) is 3.66. The van der Waals surface area contributed by atoms with Crippen LogP contribution >= 0.6 is 0 Å². The van der Waals surface area contributed by atoms with Crippen LogP contribution in [0.1, 0.15) is 19.8 Å². The highest BCUT2D eigenvalue weighted by molar-refractivity contribution is 5.86. The maximum Gasteiger partial charge on any atom is 0.332 e. The van der Waals surface area contributed by atoms with Gasteiger partial charge >= 0.3 is 5.97 Å². The molecule has 1 rings (SSSR count). The Labute approximate surface area is 83.9 Å². The van der Waals surface area contributed by atoms with Gasteiger partial charge in [0.15, 0.2) is 0 Å². The minimum absolute atomic E-state index is 0.00333. The van der Waals surface area contributed by atoms with Crippen LogP contribution < -0.4 is 5.32 Å². The van der Waals surface area contributed by atoms with Gasteiger partial charge in [-0.3, -0.25) is 0 Å². The van der Waals surface area contributed by atoms with Gasteiger partial charge in [-0.2, -0.15) is 0 Å². The van der Waals surface area contributed by atoms with Crippen molar-refractivity contribution in [3.8, 4) is 0 Å². The number of carboxylic acids is 1. The van der Waals surface area contributed by atoms with E-state index >= 15 is 0 Å². The molecule has 4 heteroatoms. The lowest BCUT2D eigenvalue weighted by atomic mass is 9.92. The van der Waals surface area contributed by atoms with E-state index in [1.165, 1.54) is 0 Å². The van der Waals surface area contributed by atoms with Crippen molar-refractivity contribution in [2.24, 2.45) is 0 Å². The van der Waals surface area contributed by atoms with Gasteiger partial charge in [-0.25, -0.2) is 4.79 Å². The van der Waals surface area contributed by atoms with E-state index in [1.54, 1.807) is 0 Å². The minimum atomic E-state index is -0.937. The van der Waals surface area contributed by atoms with Gasteiger partial charge in [-0.05, 0) is 19.8 Å². The molecule has 14 heavy (non-hydrogen) atoms. The van der Waals surface area contributed by atoms with Crippen molar-refractivity contribution in [3.05, 3.63) is 12.2 Å². The molecule has 1 heterocycles. The lowest BCUT2D eigenvalue weighted by Gasteiger charge is -2.34. The van der Waals surface area contributed by atoms with Crippen molar-refractivity contribution in [1.29, 1.82) is 0 Å². The van der Waals surface area contributed by atoms with Gasteiger partial charge in [0.1, 0.15) is 0 Å². The highest BCUT2D eigenvalue weighted by Crippen LogP contribution is 2.19. The van der Waals surface area contributed by atoms with E-state index in [2.05, 4.69) is 18.8 Å². The number of ether oxygens (including phenoxy) is 1. The third kappa shape index (κ3) is 3.12. The molecule has 0 aromatic rings. The molecule has 0 radical (unpaired) electrons. The van der Waals surface area contributed by atoms with Crippen LogP contribution in [-0.2, 0) is 9.53 Å². The number of hydrogen-bond acceptors (Lipinski definition) is 3. The average Bonchev–Trinajstić information content (AvgIpc) is 2.15.